The molecule has 0 fully saturated rings. The number of halogens is 1. The second-order valence-corrected chi connectivity index (χ2v) is 4.50. The molecule has 0 aromatic heterocycles. The van der Waals surface area contributed by atoms with Crippen molar-refractivity contribution in [2.24, 2.45) is 5.73 Å². The minimum Gasteiger partial charge on any atom is -0.329 e. The van der Waals surface area contributed by atoms with Crippen LogP contribution in [0.3, 0.4) is 0 Å². The normalized spacial score (nSPS) is 15.1. The average Bonchev–Trinajstić information content (AvgIpc) is 2.31. The Kier molecular flexibility index (Phi) is 4.44. The lowest BCUT2D eigenvalue weighted by atomic mass is 9.96. The van der Waals surface area contributed by atoms with Crippen LogP contribution >= 0.6 is 0 Å². The fourth-order valence-electron chi connectivity index (χ4n) is 1.64. The third kappa shape index (κ3) is 2.80. The van der Waals surface area contributed by atoms with Crippen LogP contribution in [-0.4, -0.2) is 24.0 Å². The number of hydrogen-bond acceptors (Lipinski definition) is 2. The van der Waals surface area contributed by atoms with Crippen molar-refractivity contribution < 1.29 is 4.39 Å². The second-order valence-electron chi connectivity index (χ2n) is 4.50. The molecule has 0 bridgehead atoms. The summed E-state index contributed by atoms with van der Waals surface area (Å²) in [6.07, 6.45) is 0.953. The van der Waals surface area contributed by atoms with Gasteiger partial charge >= 0.3 is 0 Å². The van der Waals surface area contributed by atoms with Crippen LogP contribution in [0.4, 0.5) is 4.39 Å². The first-order chi connectivity index (χ1) is 7.53. The number of likely N-dealkylation sites (N-methyl/N-ethyl adjacent to an activating group) is 1. The van der Waals surface area contributed by atoms with Crippen molar-refractivity contribution in [1.82, 2.24) is 4.90 Å². The first-order valence-electron chi connectivity index (χ1n) is 5.68. The van der Waals surface area contributed by atoms with Gasteiger partial charge in [0.1, 0.15) is 5.82 Å². The lowest BCUT2D eigenvalue weighted by molar-refractivity contribution is 0.130. The fraction of sp³-hybridized carbons (Fsp3) is 0.538. The topological polar surface area (TPSA) is 29.3 Å². The van der Waals surface area contributed by atoms with Crippen molar-refractivity contribution in [3.63, 3.8) is 0 Å². The summed E-state index contributed by atoms with van der Waals surface area (Å²) in [5, 5.41) is 0. The van der Waals surface area contributed by atoms with Crippen LogP contribution in [0.1, 0.15) is 25.8 Å². The van der Waals surface area contributed by atoms with Crippen LogP contribution in [0.2, 0.25) is 0 Å². The number of benzene rings is 1. The molecule has 90 valence electrons. The molecular formula is C13H21FN2. The highest BCUT2D eigenvalue weighted by molar-refractivity contribution is 5.17. The van der Waals surface area contributed by atoms with Crippen LogP contribution in [0, 0.1) is 5.82 Å². The second kappa shape index (κ2) is 5.41. The molecule has 1 unspecified atom stereocenters. The fourth-order valence-corrected chi connectivity index (χ4v) is 1.64. The van der Waals surface area contributed by atoms with Crippen LogP contribution in [0.25, 0.3) is 0 Å². The van der Waals surface area contributed by atoms with E-state index in [2.05, 4.69) is 18.7 Å². The summed E-state index contributed by atoms with van der Waals surface area (Å²) in [6.45, 7) is 5.38. The Hall–Kier alpha value is -0.930. The van der Waals surface area contributed by atoms with Crippen LogP contribution in [-0.2, 0) is 6.54 Å². The van der Waals surface area contributed by atoms with Gasteiger partial charge in [-0.15, -0.1) is 0 Å². The van der Waals surface area contributed by atoms with E-state index in [1.807, 2.05) is 19.2 Å². The molecule has 3 heteroatoms. The van der Waals surface area contributed by atoms with Gasteiger partial charge in [0, 0.05) is 24.2 Å². The molecule has 0 amide bonds. The summed E-state index contributed by atoms with van der Waals surface area (Å²) in [6, 6.07) is 6.88. The molecule has 0 aliphatic carbocycles. The largest absolute Gasteiger partial charge is 0.329 e. The van der Waals surface area contributed by atoms with Crippen LogP contribution < -0.4 is 5.73 Å². The molecule has 2 N–H and O–H groups in total. The van der Waals surface area contributed by atoms with E-state index in [9.17, 15) is 4.39 Å². The predicted molar refractivity (Wildman–Crippen MR) is 65.6 cm³/mol. The molecular weight excluding hydrogens is 203 g/mol. The standard InChI is InChI=1S/C13H21FN2/c1-4-13(2,10-15)16(3)9-11-7-5-6-8-12(11)14/h5-8H,4,9-10,15H2,1-3H3. The van der Waals surface area contributed by atoms with E-state index in [0.717, 1.165) is 12.0 Å². The first kappa shape index (κ1) is 13.1. The number of nitrogens with two attached hydrogens (primary N) is 1. The Morgan fingerprint density at radius 2 is 2.00 bits per heavy atom. The molecule has 1 aromatic carbocycles. The highest BCUT2D eigenvalue weighted by atomic mass is 19.1. The molecule has 2 nitrogen and oxygen atoms in total. The van der Waals surface area contributed by atoms with Gasteiger partial charge in [-0.25, -0.2) is 4.39 Å². The van der Waals surface area contributed by atoms with E-state index in [-0.39, 0.29) is 11.4 Å². The molecule has 0 aliphatic heterocycles. The van der Waals surface area contributed by atoms with Gasteiger partial charge in [0.15, 0.2) is 0 Å². The van der Waals surface area contributed by atoms with Crippen molar-refractivity contribution in [3.05, 3.63) is 35.6 Å². The van der Waals surface area contributed by atoms with E-state index in [1.54, 1.807) is 6.07 Å². The minimum absolute atomic E-state index is 0.0672. The highest BCUT2D eigenvalue weighted by Crippen LogP contribution is 2.19. The molecule has 1 aromatic rings. The SMILES string of the molecule is CCC(C)(CN)N(C)Cc1ccccc1F. The lowest BCUT2D eigenvalue weighted by Crippen LogP contribution is -2.48. The third-order valence-corrected chi connectivity index (χ3v) is 3.49. The zero-order valence-corrected chi connectivity index (χ0v) is 10.3. The Morgan fingerprint density at radius 3 is 2.50 bits per heavy atom. The average molecular weight is 224 g/mol. The van der Waals surface area contributed by atoms with Gasteiger partial charge in [0.2, 0.25) is 0 Å². The Morgan fingerprint density at radius 1 is 1.38 bits per heavy atom. The molecule has 1 rings (SSSR count). The zero-order valence-electron chi connectivity index (χ0n) is 10.3. The maximum atomic E-state index is 13.5. The molecule has 1 atom stereocenters. The molecule has 0 aliphatic rings. The van der Waals surface area contributed by atoms with Crippen molar-refractivity contribution in [2.45, 2.75) is 32.4 Å². The van der Waals surface area contributed by atoms with Gasteiger partial charge < -0.3 is 5.73 Å². The van der Waals surface area contributed by atoms with E-state index in [4.69, 9.17) is 5.73 Å². The van der Waals surface area contributed by atoms with Crippen molar-refractivity contribution >= 4 is 0 Å². The number of hydrogen-bond donors (Lipinski definition) is 1. The third-order valence-electron chi connectivity index (χ3n) is 3.49. The summed E-state index contributed by atoms with van der Waals surface area (Å²) >= 11 is 0. The Labute approximate surface area is 97.3 Å². The van der Waals surface area contributed by atoms with E-state index in [0.29, 0.717) is 13.1 Å². The van der Waals surface area contributed by atoms with Crippen molar-refractivity contribution in [1.29, 1.82) is 0 Å². The summed E-state index contributed by atoms with van der Waals surface area (Å²) in [7, 11) is 1.99. The molecule has 0 saturated carbocycles. The highest BCUT2D eigenvalue weighted by Gasteiger charge is 2.25. The maximum Gasteiger partial charge on any atom is 0.127 e. The number of nitrogens with zero attached hydrogens (tertiary/aromatic N) is 1. The van der Waals surface area contributed by atoms with Crippen LogP contribution in [0.5, 0.6) is 0 Å². The summed E-state index contributed by atoms with van der Waals surface area (Å²) in [5.41, 5.74) is 6.43. The van der Waals surface area contributed by atoms with Gasteiger partial charge in [-0.2, -0.15) is 0 Å². The van der Waals surface area contributed by atoms with E-state index in [1.165, 1.54) is 6.07 Å². The molecule has 0 heterocycles. The van der Waals surface area contributed by atoms with Crippen molar-refractivity contribution in [2.75, 3.05) is 13.6 Å². The Bertz CT molecular complexity index is 334. The Balaban J connectivity index is 2.78. The summed E-state index contributed by atoms with van der Waals surface area (Å²) in [4.78, 5) is 2.12. The van der Waals surface area contributed by atoms with Crippen LogP contribution in [0.15, 0.2) is 24.3 Å². The lowest BCUT2D eigenvalue weighted by Gasteiger charge is -2.37. The zero-order chi connectivity index (χ0) is 12.2. The van der Waals surface area contributed by atoms with Gasteiger partial charge in [-0.1, -0.05) is 25.1 Å². The molecule has 0 spiro atoms. The van der Waals surface area contributed by atoms with Gasteiger partial charge in [-0.3, -0.25) is 4.90 Å². The van der Waals surface area contributed by atoms with E-state index < -0.39 is 0 Å². The monoisotopic (exact) mass is 224 g/mol. The first-order valence-corrected chi connectivity index (χ1v) is 5.68. The number of rotatable bonds is 5. The van der Waals surface area contributed by atoms with Gasteiger partial charge in [-0.05, 0) is 26.5 Å². The quantitative estimate of drug-likeness (QED) is 0.832. The van der Waals surface area contributed by atoms with Gasteiger partial charge in [0.25, 0.3) is 0 Å². The summed E-state index contributed by atoms with van der Waals surface area (Å²) < 4.78 is 13.5. The predicted octanol–water partition coefficient (Wildman–Crippen LogP) is 2.38. The van der Waals surface area contributed by atoms with E-state index >= 15 is 0 Å². The molecule has 0 radical (unpaired) electrons. The molecule has 0 saturated heterocycles. The maximum absolute atomic E-state index is 13.5. The smallest absolute Gasteiger partial charge is 0.127 e. The van der Waals surface area contributed by atoms with Gasteiger partial charge in [0.05, 0.1) is 0 Å². The van der Waals surface area contributed by atoms with Crippen molar-refractivity contribution in [3.8, 4) is 0 Å². The minimum atomic E-state index is -0.148. The summed E-state index contributed by atoms with van der Waals surface area (Å²) in [5.74, 6) is -0.148. The molecule has 16 heavy (non-hydrogen) atoms.